The van der Waals surface area contributed by atoms with Crippen LogP contribution in [-0.2, 0) is 11.2 Å². The number of carbonyl (C=O) groups is 1. The van der Waals surface area contributed by atoms with E-state index in [2.05, 4.69) is 15.4 Å². The number of aromatic nitrogens is 4. The molecule has 6 nitrogen and oxygen atoms in total. The van der Waals surface area contributed by atoms with Crippen LogP contribution >= 0.6 is 11.6 Å². The van der Waals surface area contributed by atoms with Crippen molar-refractivity contribution >= 4 is 17.6 Å². The zero-order valence-corrected chi connectivity index (χ0v) is 9.10. The zero-order valence-electron chi connectivity index (χ0n) is 8.34. The number of carboxylic acids is 1. The predicted octanol–water partition coefficient (Wildman–Crippen LogP) is 1.08. The number of hydrogen-bond acceptors (Lipinski definition) is 4. The maximum absolute atomic E-state index is 12.9. The summed E-state index contributed by atoms with van der Waals surface area (Å²) in [6, 6.07) is 3.90. The maximum atomic E-state index is 12.9. The van der Waals surface area contributed by atoms with Gasteiger partial charge in [0.15, 0.2) is 5.82 Å². The molecule has 0 amide bonds. The van der Waals surface area contributed by atoms with Crippen LogP contribution in [0.1, 0.15) is 5.82 Å². The highest BCUT2D eigenvalue weighted by atomic mass is 35.5. The third-order valence-electron chi connectivity index (χ3n) is 1.90. The van der Waals surface area contributed by atoms with Gasteiger partial charge in [0.1, 0.15) is 12.2 Å². The van der Waals surface area contributed by atoms with Gasteiger partial charge in [-0.15, -0.1) is 15.0 Å². The summed E-state index contributed by atoms with van der Waals surface area (Å²) in [7, 11) is 0. The van der Waals surface area contributed by atoms with Gasteiger partial charge in [-0.25, -0.2) is 4.39 Å². The molecule has 0 aliphatic heterocycles. The Kier molecular flexibility index (Phi) is 3.01. The lowest BCUT2D eigenvalue weighted by Crippen LogP contribution is -2.03. The van der Waals surface area contributed by atoms with E-state index in [0.717, 1.165) is 10.9 Å². The first-order valence-corrected chi connectivity index (χ1v) is 4.90. The van der Waals surface area contributed by atoms with Crippen LogP contribution in [0, 0.1) is 5.82 Å². The molecular weight excluding hydrogens is 251 g/mol. The molecule has 0 bridgehead atoms. The molecular formula is C9H6ClFN4O2. The Bertz CT molecular complexity index is 572. The molecule has 1 heterocycles. The summed E-state index contributed by atoms with van der Waals surface area (Å²) in [5.74, 6) is -1.54. The van der Waals surface area contributed by atoms with E-state index in [1.54, 1.807) is 0 Å². The van der Waals surface area contributed by atoms with Gasteiger partial charge in [0, 0.05) is 0 Å². The predicted molar refractivity (Wildman–Crippen MR) is 55.5 cm³/mol. The Balaban J connectivity index is 2.30. The minimum atomic E-state index is -1.05. The van der Waals surface area contributed by atoms with Crippen molar-refractivity contribution in [3.8, 4) is 5.69 Å². The molecule has 0 aliphatic rings. The molecule has 0 fully saturated rings. The first-order valence-electron chi connectivity index (χ1n) is 4.52. The van der Waals surface area contributed by atoms with Crippen LogP contribution in [0.25, 0.3) is 5.69 Å². The minimum Gasteiger partial charge on any atom is -0.481 e. The molecule has 0 radical (unpaired) electrons. The molecule has 1 aromatic carbocycles. The summed E-state index contributed by atoms with van der Waals surface area (Å²) in [6.45, 7) is 0. The summed E-state index contributed by atoms with van der Waals surface area (Å²) in [5, 5.41) is 19.5. The molecule has 0 aliphatic carbocycles. The first-order chi connectivity index (χ1) is 8.06. The zero-order chi connectivity index (χ0) is 12.4. The topological polar surface area (TPSA) is 80.9 Å². The van der Waals surface area contributed by atoms with E-state index in [1.807, 2.05) is 0 Å². The lowest BCUT2D eigenvalue weighted by molar-refractivity contribution is -0.136. The SMILES string of the molecule is O=C(O)Cc1nnn(-c2ccc(F)c(Cl)c2)n1. The lowest BCUT2D eigenvalue weighted by Gasteiger charge is -1.99. The molecule has 0 atom stereocenters. The highest BCUT2D eigenvalue weighted by Gasteiger charge is 2.09. The number of aliphatic carboxylic acids is 1. The quantitative estimate of drug-likeness (QED) is 0.889. The van der Waals surface area contributed by atoms with Crippen molar-refractivity contribution in [2.45, 2.75) is 6.42 Å². The van der Waals surface area contributed by atoms with Gasteiger partial charge >= 0.3 is 5.97 Å². The number of halogens is 2. The van der Waals surface area contributed by atoms with Crippen LogP contribution < -0.4 is 0 Å². The normalized spacial score (nSPS) is 10.5. The highest BCUT2D eigenvalue weighted by molar-refractivity contribution is 6.30. The molecule has 0 saturated carbocycles. The monoisotopic (exact) mass is 256 g/mol. The molecule has 0 spiro atoms. The standard InChI is InChI=1S/C9H6ClFN4O2/c10-6-3-5(1-2-7(6)11)15-13-8(12-14-15)4-9(16)17/h1-3H,4H2,(H,16,17). The van der Waals surface area contributed by atoms with Gasteiger partial charge in [-0.2, -0.15) is 0 Å². The Labute approximate surface area is 99.6 Å². The fourth-order valence-electron chi connectivity index (χ4n) is 1.17. The lowest BCUT2D eigenvalue weighted by atomic mass is 10.3. The molecule has 17 heavy (non-hydrogen) atoms. The number of hydrogen-bond donors (Lipinski definition) is 1. The van der Waals surface area contributed by atoms with Crippen LogP contribution in [0.3, 0.4) is 0 Å². The average Bonchev–Trinajstić information content (AvgIpc) is 2.69. The highest BCUT2D eigenvalue weighted by Crippen LogP contribution is 2.17. The molecule has 1 N–H and O–H groups in total. The number of nitrogens with zero attached hydrogens (tertiary/aromatic N) is 4. The third kappa shape index (κ3) is 2.56. The second-order valence-corrected chi connectivity index (χ2v) is 3.57. The van der Waals surface area contributed by atoms with E-state index < -0.39 is 11.8 Å². The Morgan fingerprint density at radius 1 is 1.53 bits per heavy atom. The van der Waals surface area contributed by atoms with Crippen molar-refractivity contribution in [1.82, 2.24) is 20.2 Å². The fourth-order valence-corrected chi connectivity index (χ4v) is 1.34. The molecule has 0 saturated heterocycles. The first kappa shape index (κ1) is 11.5. The molecule has 0 unspecified atom stereocenters. The summed E-state index contributed by atoms with van der Waals surface area (Å²) in [4.78, 5) is 11.5. The van der Waals surface area contributed by atoms with Gasteiger partial charge in [0.25, 0.3) is 0 Å². The molecule has 88 valence electrons. The van der Waals surface area contributed by atoms with Crippen LogP contribution in [0.15, 0.2) is 18.2 Å². The number of benzene rings is 1. The van der Waals surface area contributed by atoms with Gasteiger partial charge in [-0.1, -0.05) is 11.6 Å². The van der Waals surface area contributed by atoms with Crippen molar-refractivity contribution in [2.24, 2.45) is 0 Å². The van der Waals surface area contributed by atoms with Crippen molar-refractivity contribution in [3.05, 3.63) is 34.9 Å². The van der Waals surface area contributed by atoms with Crippen molar-refractivity contribution in [1.29, 1.82) is 0 Å². The number of carboxylic acid groups (broad SMARTS) is 1. The largest absolute Gasteiger partial charge is 0.481 e. The van der Waals surface area contributed by atoms with E-state index >= 15 is 0 Å². The van der Waals surface area contributed by atoms with E-state index in [9.17, 15) is 9.18 Å². The van der Waals surface area contributed by atoms with E-state index in [4.69, 9.17) is 16.7 Å². The van der Waals surface area contributed by atoms with Gasteiger partial charge in [0.05, 0.1) is 10.7 Å². The van der Waals surface area contributed by atoms with Crippen LogP contribution in [0.4, 0.5) is 4.39 Å². The van der Waals surface area contributed by atoms with E-state index in [0.29, 0.717) is 5.69 Å². The van der Waals surface area contributed by atoms with Crippen molar-refractivity contribution in [3.63, 3.8) is 0 Å². The Hall–Kier alpha value is -2.02. The Morgan fingerprint density at radius 3 is 2.94 bits per heavy atom. The summed E-state index contributed by atoms with van der Waals surface area (Å²) < 4.78 is 12.9. The van der Waals surface area contributed by atoms with Gasteiger partial charge in [0.2, 0.25) is 0 Å². The smallest absolute Gasteiger partial charge is 0.311 e. The summed E-state index contributed by atoms with van der Waals surface area (Å²) >= 11 is 5.60. The third-order valence-corrected chi connectivity index (χ3v) is 2.19. The van der Waals surface area contributed by atoms with E-state index in [-0.39, 0.29) is 17.3 Å². The molecule has 8 heteroatoms. The fraction of sp³-hybridized carbons (Fsp3) is 0.111. The van der Waals surface area contributed by atoms with E-state index in [1.165, 1.54) is 12.1 Å². The molecule has 2 rings (SSSR count). The van der Waals surface area contributed by atoms with Gasteiger partial charge in [-0.05, 0) is 23.4 Å². The van der Waals surface area contributed by atoms with Crippen molar-refractivity contribution < 1.29 is 14.3 Å². The van der Waals surface area contributed by atoms with Crippen LogP contribution in [0.2, 0.25) is 5.02 Å². The van der Waals surface area contributed by atoms with Crippen LogP contribution in [0.5, 0.6) is 0 Å². The second-order valence-electron chi connectivity index (χ2n) is 3.16. The minimum absolute atomic E-state index is 0.0675. The summed E-state index contributed by atoms with van der Waals surface area (Å²) in [6.07, 6.45) is -0.324. The maximum Gasteiger partial charge on any atom is 0.311 e. The summed E-state index contributed by atoms with van der Waals surface area (Å²) in [5.41, 5.74) is 0.403. The van der Waals surface area contributed by atoms with Gasteiger partial charge in [-0.3, -0.25) is 4.79 Å². The average molecular weight is 257 g/mol. The molecule has 2 aromatic rings. The Morgan fingerprint density at radius 2 is 2.29 bits per heavy atom. The number of tetrazole rings is 1. The number of rotatable bonds is 3. The van der Waals surface area contributed by atoms with Crippen LogP contribution in [-0.4, -0.2) is 31.3 Å². The second kappa shape index (κ2) is 4.46. The molecule has 1 aromatic heterocycles. The van der Waals surface area contributed by atoms with Crippen molar-refractivity contribution in [2.75, 3.05) is 0 Å². The van der Waals surface area contributed by atoms with Gasteiger partial charge < -0.3 is 5.11 Å².